The summed E-state index contributed by atoms with van der Waals surface area (Å²) in [5.74, 6) is 0.376. The molecule has 0 aromatic carbocycles. The van der Waals surface area contributed by atoms with Crippen molar-refractivity contribution < 1.29 is 25.2 Å². The van der Waals surface area contributed by atoms with Crippen molar-refractivity contribution in [3.8, 4) is 0 Å². The van der Waals surface area contributed by atoms with Gasteiger partial charge in [-0.05, 0) is 0 Å². The summed E-state index contributed by atoms with van der Waals surface area (Å²) in [6.45, 7) is -0.646. The maximum atomic E-state index is 9.79. The second-order valence-electron chi connectivity index (χ2n) is 4.59. The molecule has 20 heavy (non-hydrogen) atoms. The third-order valence-electron chi connectivity index (χ3n) is 3.30. The first-order valence-electron chi connectivity index (χ1n) is 6.36. The first-order valence-corrected chi connectivity index (χ1v) is 6.36. The average Bonchev–Trinajstić information content (AvgIpc) is 3.02. The summed E-state index contributed by atoms with van der Waals surface area (Å²) in [7, 11) is 0. The number of hydrogen-bond donors (Lipinski definition) is 6. The number of aromatic nitrogens is 2. The van der Waals surface area contributed by atoms with Gasteiger partial charge in [-0.2, -0.15) is 0 Å². The van der Waals surface area contributed by atoms with Gasteiger partial charge in [0.2, 0.25) is 0 Å². The molecule has 0 amide bonds. The Morgan fingerprint density at radius 1 is 1.55 bits per heavy atom. The highest BCUT2D eigenvalue weighted by atomic mass is 16.5. The minimum Gasteiger partial charge on any atom is -0.394 e. The molecule has 114 valence electrons. The van der Waals surface area contributed by atoms with E-state index >= 15 is 0 Å². The van der Waals surface area contributed by atoms with Crippen LogP contribution < -0.4 is 11.1 Å². The van der Waals surface area contributed by atoms with E-state index in [2.05, 4.69) is 10.3 Å². The van der Waals surface area contributed by atoms with Crippen LogP contribution in [0.3, 0.4) is 0 Å². The highest BCUT2D eigenvalue weighted by Gasteiger charge is 2.36. The molecule has 1 fully saturated rings. The largest absolute Gasteiger partial charge is 0.394 e. The lowest BCUT2D eigenvalue weighted by Gasteiger charge is -2.18. The van der Waals surface area contributed by atoms with Crippen LogP contribution in [0, 0.1) is 0 Å². The number of rotatable bonds is 6. The summed E-state index contributed by atoms with van der Waals surface area (Å²) in [6, 6.07) is 0. The average molecular weight is 288 g/mol. The third-order valence-corrected chi connectivity index (χ3v) is 3.30. The van der Waals surface area contributed by atoms with Gasteiger partial charge in [0.1, 0.15) is 36.7 Å². The Morgan fingerprint density at radius 3 is 2.85 bits per heavy atom. The number of aliphatic hydroxyl groups is 4. The van der Waals surface area contributed by atoms with Gasteiger partial charge in [-0.1, -0.05) is 0 Å². The maximum Gasteiger partial charge on any atom is 0.139 e. The van der Waals surface area contributed by atoms with Crippen LogP contribution in [0.25, 0.3) is 0 Å². The van der Waals surface area contributed by atoms with E-state index in [1.54, 1.807) is 4.57 Å². The minimum absolute atomic E-state index is 0.00939. The fraction of sp³-hybridized carbons (Fsp3) is 0.727. The van der Waals surface area contributed by atoms with Crippen molar-refractivity contribution in [1.82, 2.24) is 9.55 Å². The molecule has 2 rings (SSSR count). The molecule has 1 saturated heterocycles. The Bertz CT molecular complexity index is 440. The van der Waals surface area contributed by atoms with Gasteiger partial charge >= 0.3 is 0 Å². The summed E-state index contributed by atoms with van der Waals surface area (Å²) < 4.78 is 7.07. The molecular formula is C11H20N4O5. The number of imidazole rings is 1. The van der Waals surface area contributed by atoms with Gasteiger partial charge in [-0.25, -0.2) is 4.98 Å². The third kappa shape index (κ3) is 2.77. The molecule has 0 aliphatic carbocycles. The van der Waals surface area contributed by atoms with Crippen LogP contribution in [-0.4, -0.2) is 62.1 Å². The molecule has 9 heteroatoms. The van der Waals surface area contributed by atoms with Crippen LogP contribution >= 0.6 is 0 Å². The molecule has 2 heterocycles. The molecular weight excluding hydrogens is 268 g/mol. The van der Waals surface area contributed by atoms with Gasteiger partial charge in [0.05, 0.1) is 19.0 Å². The summed E-state index contributed by atoms with van der Waals surface area (Å²) in [5.41, 5.74) is 5.70. The van der Waals surface area contributed by atoms with Crippen LogP contribution in [0.5, 0.6) is 0 Å². The van der Waals surface area contributed by atoms with E-state index in [-0.39, 0.29) is 26.3 Å². The summed E-state index contributed by atoms with van der Waals surface area (Å²) in [6.07, 6.45) is -1.24. The molecule has 1 unspecified atom stereocenters. The standard InChI is InChI=1S/C11H20N4O5/c12-2-7(19)10-11(14-5-17)15(4-13-10)9-1-6(18)8(3-16)20-9/h4,6-9,14,16-19H,1-3,5,12H2/t6?,7-,8-,9-/m1/s1. The lowest BCUT2D eigenvalue weighted by molar-refractivity contribution is -0.0438. The SMILES string of the molecule is NC[C@@H](O)c1ncn([C@H]2CC(O)[C@@H](CO)O2)c1NCO. The van der Waals surface area contributed by atoms with Crippen LogP contribution in [-0.2, 0) is 4.74 Å². The van der Waals surface area contributed by atoms with E-state index in [9.17, 15) is 10.2 Å². The van der Waals surface area contributed by atoms with Crippen LogP contribution in [0.2, 0.25) is 0 Å². The Hall–Kier alpha value is -1.23. The minimum atomic E-state index is -0.967. The van der Waals surface area contributed by atoms with Crippen LogP contribution in [0.1, 0.15) is 24.4 Å². The number of ether oxygens (including phenoxy) is 1. The predicted octanol–water partition coefficient (Wildman–Crippen LogP) is -2.12. The highest BCUT2D eigenvalue weighted by Crippen LogP contribution is 2.33. The van der Waals surface area contributed by atoms with Crippen molar-refractivity contribution in [3.63, 3.8) is 0 Å². The zero-order valence-corrected chi connectivity index (χ0v) is 10.9. The molecule has 1 aliphatic heterocycles. The normalized spacial score (nSPS) is 27.8. The predicted molar refractivity (Wildman–Crippen MR) is 68.6 cm³/mol. The first-order chi connectivity index (χ1) is 9.62. The number of nitrogens with one attached hydrogen (secondary N) is 1. The molecule has 9 nitrogen and oxygen atoms in total. The Labute approximate surface area is 115 Å². The number of hydrogen-bond acceptors (Lipinski definition) is 8. The fourth-order valence-electron chi connectivity index (χ4n) is 2.26. The molecule has 0 spiro atoms. The maximum absolute atomic E-state index is 9.79. The second kappa shape index (κ2) is 6.48. The summed E-state index contributed by atoms with van der Waals surface area (Å²) >= 11 is 0. The van der Waals surface area contributed by atoms with E-state index in [0.29, 0.717) is 11.5 Å². The summed E-state index contributed by atoms with van der Waals surface area (Å²) in [5, 5.41) is 40.3. The molecule has 0 radical (unpaired) electrons. The molecule has 4 atom stereocenters. The zero-order chi connectivity index (χ0) is 14.7. The fourth-order valence-corrected chi connectivity index (χ4v) is 2.26. The number of nitrogens with zero attached hydrogens (tertiary/aromatic N) is 2. The second-order valence-corrected chi connectivity index (χ2v) is 4.59. The van der Waals surface area contributed by atoms with Crippen molar-refractivity contribution >= 4 is 5.82 Å². The van der Waals surface area contributed by atoms with E-state index in [1.807, 2.05) is 0 Å². The lowest BCUT2D eigenvalue weighted by Crippen LogP contribution is -2.24. The van der Waals surface area contributed by atoms with Crippen LogP contribution in [0.15, 0.2) is 6.33 Å². The smallest absolute Gasteiger partial charge is 0.139 e. The van der Waals surface area contributed by atoms with Crippen LogP contribution in [0.4, 0.5) is 5.82 Å². The van der Waals surface area contributed by atoms with Gasteiger partial charge in [0, 0.05) is 13.0 Å². The lowest BCUT2D eigenvalue weighted by atomic mass is 10.2. The van der Waals surface area contributed by atoms with Crippen molar-refractivity contribution in [2.45, 2.75) is 31.0 Å². The van der Waals surface area contributed by atoms with Crippen molar-refractivity contribution in [3.05, 3.63) is 12.0 Å². The Balaban J connectivity index is 2.25. The highest BCUT2D eigenvalue weighted by molar-refractivity contribution is 5.43. The van der Waals surface area contributed by atoms with Gasteiger partial charge in [-0.15, -0.1) is 0 Å². The Kier molecular flexibility index (Phi) is 4.91. The van der Waals surface area contributed by atoms with Gasteiger partial charge in [0.25, 0.3) is 0 Å². The van der Waals surface area contributed by atoms with Gasteiger partial charge in [0.15, 0.2) is 0 Å². The van der Waals surface area contributed by atoms with E-state index in [4.69, 9.17) is 20.7 Å². The number of anilines is 1. The molecule has 1 aromatic heterocycles. The van der Waals surface area contributed by atoms with E-state index < -0.39 is 24.5 Å². The number of nitrogens with two attached hydrogens (primary N) is 1. The van der Waals surface area contributed by atoms with Crippen molar-refractivity contribution in [1.29, 1.82) is 0 Å². The number of aliphatic hydroxyl groups excluding tert-OH is 4. The topological polar surface area (TPSA) is 146 Å². The Morgan fingerprint density at radius 2 is 2.30 bits per heavy atom. The molecule has 0 saturated carbocycles. The monoisotopic (exact) mass is 288 g/mol. The molecule has 7 N–H and O–H groups in total. The van der Waals surface area contributed by atoms with Gasteiger partial charge in [-0.3, -0.25) is 4.57 Å². The molecule has 0 bridgehead atoms. The van der Waals surface area contributed by atoms with Gasteiger partial charge < -0.3 is 36.2 Å². The van der Waals surface area contributed by atoms with E-state index in [1.165, 1.54) is 6.33 Å². The zero-order valence-electron chi connectivity index (χ0n) is 10.9. The van der Waals surface area contributed by atoms with E-state index in [0.717, 1.165) is 0 Å². The molecule has 1 aliphatic rings. The first kappa shape index (κ1) is 15.2. The molecule has 1 aromatic rings. The quantitative estimate of drug-likeness (QED) is 0.326. The summed E-state index contributed by atoms with van der Waals surface area (Å²) in [4.78, 5) is 4.06. The van der Waals surface area contributed by atoms with Crippen molar-refractivity contribution in [2.24, 2.45) is 5.73 Å². The van der Waals surface area contributed by atoms with Crippen molar-refractivity contribution in [2.75, 3.05) is 25.2 Å².